The number of thiazole rings is 1. The Hall–Kier alpha value is -2.34. The van der Waals surface area contributed by atoms with E-state index in [9.17, 15) is 8.42 Å². The number of hydrogen-bond donors (Lipinski definition) is 3. The van der Waals surface area contributed by atoms with Crippen molar-refractivity contribution < 1.29 is 8.42 Å². The summed E-state index contributed by atoms with van der Waals surface area (Å²) in [6.07, 6.45) is 2.63. The molecule has 0 saturated heterocycles. The Labute approximate surface area is 194 Å². The largest absolute Gasteiger partial charge is 0.351 e. The van der Waals surface area contributed by atoms with E-state index in [4.69, 9.17) is 4.98 Å². The smallest absolute Gasteiger partial charge is 0.222 e. The lowest BCUT2D eigenvalue weighted by Gasteiger charge is -2.16. The van der Waals surface area contributed by atoms with E-state index >= 15 is 0 Å². The first-order valence-corrected chi connectivity index (χ1v) is 13.4. The standard InChI is InChI=1S/C20H21N5O2S4/c1-2-4-18-23-24-20(30-18)22-15(11-13-6-8-14(9-7-13)25-31(26)27)16-12-29-19(21-16)17-5-3-10-28-17/h3,5-10,12,15,31H,2,4,11H2,1H3,(H,22,24)(H,25,26,27)/t15-/m0/s1. The van der Waals surface area contributed by atoms with Crippen LogP contribution in [0.5, 0.6) is 0 Å². The number of nitrogens with one attached hydrogen (secondary N) is 2. The van der Waals surface area contributed by atoms with Crippen molar-refractivity contribution in [3.63, 3.8) is 0 Å². The van der Waals surface area contributed by atoms with Crippen molar-refractivity contribution in [2.75, 3.05) is 10.0 Å². The Balaban J connectivity index is 1.57. The van der Waals surface area contributed by atoms with E-state index in [1.165, 1.54) is 0 Å². The van der Waals surface area contributed by atoms with Crippen LogP contribution in [0.4, 0.5) is 10.8 Å². The van der Waals surface area contributed by atoms with Gasteiger partial charge in [-0.2, -0.15) is 0 Å². The first-order valence-electron chi connectivity index (χ1n) is 9.69. The van der Waals surface area contributed by atoms with E-state index in [1.54, 1.807) is 46.1 Å². The van der Waals surface area contributed by atoms with Gasteiger partial charge in [-0.3, -0.25) is 4.72 Å². The van der Waals surface area contributed by atoms with Crippen LogP contribution in [0.25, 0.3) is 9.88 Å². The summed E-state index contributed by atoms with van der Waals surface area (Å²) < 4.78 is 24.1. The van der Waals surface area contributed by atoms with Crippen molar-refractivity contribution in [3.05, 3.63) is 63.4 Å². The number of nitrogens with zero attached hydrogens (tertiary/aromatic N) is 3. The van der Waals surface area contributed by atoms with Crippen LogP contribution in [-0.4, -0.2) is 23.6 Å². The number of thiophene rings is 1. The molecule has 0 radical (unpaired) electrons. The van der Waals surface area contributed by atoms with Crippen LogP contribution >= 0.6 is 34.0 Å². The highest BCUT2D eigenvalue weighted by Gasteiger charge is 2.19. The molecule has 1 aromatic carbocycles. The molecule has 0 aliphatic carbocycles. The fraction of sp³-hybridized carbons (Fsp3) is 0.250. The fourth-order valence-corrected chi connectivity index (χ4v) is 5.96. The van der Waals surface area contributed by atoms with Gasteiger partial charge in [0.15, 0.2) is 0 Å². The number of benzene rings is 1. The third kappa shape index (κ3) is 5.88. The molecule has 4 aromatic rings. The average molecular weight is 492 g/mol. The Morgan fingerprint density at radius 1 is 1.10 bits per heavy atom. The Kier molecular flexibility index (Phi) is 7.28. The first-order chi connectivity index (χ1) is 15.1. The number of thiol groups is 1. The Morgan fingerprint density at radius 2 is 1.94 bits per heavy atom. The number of aryl methyl sites for hydroxylation is 1. The molecule has 0 unspecified atom stereocenters. The van der Waals surface area contributed by atoms with Crippen LogP contribution in [0.3, 0.4) is 0 Å². The van der Waals surface area contributed by atoms with E-state index in [2.05, 4.69) is 38.6 Å². The molecule has 11 heteroatoms. The molecule has 0 amide bonds. The first kappa shape index (κ1) is 21.9. The van der Waals surface area contributed by atoms with Crippen LogP contribution in [-0.2, 0) is 23.7 Å². The lowest BCUT2D eigenvalue weighted by Crippen LogP contribution is -2.14. The predicted molar refractivity (Wildman–Crippen MR) is 130 cm³/mol. The second-order valence-corrected chi connectivity index (χ2v) is 10.4. The minimum absolute atomic E-state index is 0.0812. The molecular formula is C20H21N5O2S4. The van der Waals surface area contributed by atoms with Crippen molar-refractivity contribution in [3.8, 4) is 9.88 Å². The normalized spacial score (nSPS) is 12.2. The van der Waals surface area contributed by atoms with Crippen LogP contribution in [0, 0.1) is 0 Å². The van der Waals surface area contributed by atoms with Gasteiger partial charge in [-0.15, -0.1) is 32.9 Å². The van der Waals surface area contributed by atoms with Crippen LogP contribution in [0.15, 0.2) is 47.2 Å². The summed E-state index contributed by atoms with van der Waals surface area (Å²) in [6, 6.07) is 11.4. The zero-order chi connectivity index (χ0) is 21.6. The van der Waals surface area contributed by atoms with Crippen LogP contribution in [0.1, 0.15) is 35.7 Å². The second kappa shape index (κ2) is 10.3. The van der Waals surface area contributed by atoms with Gasteiger partial charge in [0.1, 0.15) is 10.0 Å². The third-order valence-corrected chi connectivity index (χ3v) is 7.71. The minimum atomic E-state index is -2.67. The molecule has 3 heterocycles. The van der Waals surface area contributed by atoms with E-state index in [1.807, 2.05) is 23.6 Å². The Morgan fingerprint density at radius 3 is 2.65 bits per heavy atom. The van der Waals surface area contributed by atoms with Crippen molar-refractivity contribution in [1.29, 1.82) is 0 Å². The quantitative estimate of drug-likeness (QED) is 0.270. The maximum Gasteiger partial charge on any atom is 0.222 e. The molecule has 0 saturated carbocycles. The van der Waals surface area contributed by atoms with Gasteiger partial charge in [0.25, 0.3) is 0 Å². The molecule has 2 N–H and O–H groups in total. The molecular weight excluding hydrogens is 471 g/mol. The summed E-state index contributed by atoms with van der Waals surface area (Å²) >= 11 is 4.88. The van der Waals surface area contributed by atoms with Crippen LogP contribution < -0.4 is 10.0 Å². The number of aromatic nitrogens is 3. The van der Waals surface area contributed by atoms with Crippen molar-refractivity contribution in [2.24, 2.45) is 0 Å². The molecule has 0 bridgehead atoms. The molecule has 31 heavy (non-hydrogen) atoms. The van der Waals surface area contributed by atoms with Crippen LogP contribution in [0.2, 0.25) is 0 Å². The highest BCUT2D eigenvalue weighted by atomic mass is 32.2. The average Bonchev–Trinajstić information content (AvgIpc) is 3.50. The molecule has 3 aromatic heterocycles. The summed E-state index contributed by atoms with van der Waals surface area (Å²) in [5, 5.41) is 19.0. The predicted octanol–water partition coefficient (Wildman–Crippen LogP) is 5.01. The monoisotopic (exact) mass is 491 g/mol. The zero-order valence-electron chi connectivity index (χ0n) is 16.6. The van der Waals surface area contributed by atoms with Gasteiger partial charge in [0, 0.05) is 17.5 Å². The molecule has 0 fully saturated rings. The second-order valence-electron chi connectivity index (χ2n) is 6.77. The topological polar surface area (TPSA) is 96.9 Å². The molecule has 4 rings (SSSR count). The van der Waals surface area contributed by atoms with Gasteiger partial charge in [0.05, 0.1) is 16.6 Å². The summed E-state index contributed by atoms with van der Waals surface area (Å²) in [7, 11) is -2.67. The highest BCUT2D eigenvalue weighted by molar-refractivity contribution is 7.73. The van der Waals surface area contributed by atoms with E-state index in [-0.39, 0.29) is 6.04 Å². The van der Waals surface area contributed by atoms with Gasteiger partial charge in [-0.1, -0.05) is 36.5 Å². The molecule has 162 valence electrons. The lowest BCUT2D eigenvalue weighted by atomic mass is 10.0. The zero-order valence-corrected chi connectivity index (χ0v) is 20.0. The third-order valence-electron chi connectivity index (χ3n) is 4.45. The van der Waals surface area contributed by atoms with E-state index < -0.39 is 10.9 Å². The number of hydrogen-bond acceptors (Lipinski definition) is 9. The fourth-order valence-electron chi connectivity index (χ4n) is 3.02. The van der Waals surface area contributed by atoms with Crippen molar-refractivity contribution >= 4 is 55.7 Å². The summed E-state index contributed by atoms with van der Waals surface area (Å²) in [4.78, 5) is 6.03. The number of rotatable bonds is 10. The van der Waals surface area contributed by atoms with E-state index in [0.29, 0.717) is 12.1 Å². The van der Waals surface area contributed by atoms with Gasteiger partial charge >= 0.3 is 0 Å². The van der Waals surface area contributed by atoms with Gasteiger partial charge in [-0.25, -0.2) is 13.4 Å². The molecule has 0 aliphatic rings. The maximum atomic E-state index is 10.9. The minimum Gasteiger partial charge on any atom is -0.351 e. The van der Waals surface area contributed by atoms with E-state index in [0.717, 1.165) is 44.1 Å². The molecule has 0 spiro atoms. The molecule has 1 atom stereocenters. The maximum absolute atomic E-state index is 10.9. The number of anilines is 2. The van der Waals surface area contributed by atoms with Gasteiger partial charge in [-0.05, 0) is 42.0 Å². The van der Waals surface area contributed by atoms with Crippen molar-refractivity contribution in [1.82, 2.24) is 15.2 Å². The van der Waals surface area contributed by atoms with Gasteiger partial charge in [0.2, 0.25) is 16.0 Å². The lowest BCUT2D eigenvalue weighted by molar-refractivity contribution is 0.619. The Bertz CT molecular complexity index is 1170. The summed E-state index contributed by atoms with van der Waals surface area (Å²) in [6.45, 7) is 2.13. The highest BCUT2D eigenvalue weighted by Crippen LogP contribution is 2.32. The van der Waals surface area contributed by atoms with Crippen molar-refractivity contribution in [2.45, 2.75) is 32.2 Å². The molecule has 0 aliphatic heterocycles. The summed E-state index contributed by atoms with van der Waals surface area (Å²) in [5.74, 6) is 0. The van der Waals surface area contributed by atoms with Gasteiger partial charge < -0.3 is 5.32 Å². The summed E-state index contributed by atoms with van der Waals surface area (Å²) in [5.41, 5.74) is 2.56. The molecule has 7 nitrogen and oxygen atoms in total. The SMILES string of the molecule is CCCc1nnc(N[C@@H](Cc2ccc(N[SH](=O)=O)cc2)c2csc(-c3cccs3)n2)s1.